The third-order valence-electron chi connectivity index (χ3n) is 2.33. The van der Waals surface area contributed by atoms with Crippen molar-refractivity contribution in [2.45, 2.75) is 19.4 Å². The molecular weight excluding hydrogens is 262 g/mol. The average molecular weight is 279 g/mol. The summed E-state index contributed by atoms with van der Waals surface area (Å²) in [7, 11) is 0. The molecule has 4 N–H and O–H groups in total. The van der Waals surface area contributed by atoms with Crippen LogP contribution in [0.4, 0.5) is 10.5 Å². The lowest BCUT2D eigenvalue weighted by Gasteiger charge is -2.12. The van der Waals surface area contributed by atoms with Gasteiger partial charge in [0.2, 0.25) is 5.91 Å². The number of urea groups is 1. The van der Waals surface area contributed by atoms with Gasteiger partial charge in [-0.25, -0.2) is 4.79 Å². The predicted octanol–water partition coefficient (Wildman–Crippen LogP) is 0.787. The largest absolute Gasteiger partial charge is 0.481 e. The van der Waals surface area contributed by atoms with Crippen LogP contribution in [0.1, 0.15) is 13.3 Å². The van der Waals surface area contributed by atoms with Crippen LogP contribution < -0.4 is 16.0 Å². The van der Waals surface area contributed by atoms with Gasteiger partial charge in [-0.3, -0.25) is 9.59 Å². The summed E-state index contributed by atoms with van der Waals surface area (Å²) in [4.78, 5) is 33.4. The van der Waals surface area contributed by atoms with Gasteiger partial charge in [0.1, 0.15) is 0 Å². The highest BCUT2D eigenvalue weighted by Crippen LogP contribution is 2.03. The van der Waals surface area contributed by atoms with Gasteiger partial charge in [-0.2, -0.15) is 0 Å². The third-order valence-corrected chi connectivity index (χ3v) is 2.33. The summed E-state index contributed by atoms with van der Waals surface area (Å²) in [5.41, 5.74) is 0.615. The lowest BCUT2D eigenvalue weighted by molar-refractivity contribution is -0.137. The number of amides is 3. The highest BCUT2D eigenvalue weighted by molar-refractivity contribution is 5.92. The number of anilines is 1. The van der Waals surface area contributed by atoms with E-state index in [1.807, 2.05) is 6.07 Å². The Hall–Kier alpha value is -2.57. The van der Waals surface area contributed by atoms with E-state index in [0.717, 1.165) is 0 Å². The predicted molar refractivity (Wildman–Crippen MR) is 73.3 cm³/mol. The minimum Gasteiger partial charge on any atom is -0.481 e. The van der Waals surface area contributed by atoms with Gasteiger partial charge in [0.05, 0.1) is 13.0 Å². The monoisotopic (exact) mass is 279 g/mol. The molecule has 0 spiro atoms. The maximum absolute atomic E-state index is 11.5. The zero-order valence-electron chi connectivity index (χ0n) is 11.1. The first-order chi connectivity index (χ1) is 9.47. The normalized spacial score (nSPS) is 11.2. The molecule has 7 heteroatoms. The molecule has 1 unspecified atom stereocenters. The quantitative estimate of drug-likeness (QED) is 0.617. The zero-order chi connectivity index (χ0) is 15.0. The summed E-state index contributed by atoms with van der Waals surface area (Å²) in [5.74, 6) is -1.44. The van der Waals surface area contributed by atoms with Crippen molar-refractivity contribution in [1.82, 2.24) is 10.6 Å². The van der Waals surface area contributed by atoms with Crippen LogP contribution in [0, 0.1) is 0 Å². The molecule has 0 heterocycles. The SMILES string of the molecule is CC(CC(=O)O)NC(=O)CNC(=O)Nc1ccccc1. The number of aliphatic carboxylic acids is 1. The van der Waals surface area contributed by atoms with Gasteiger partial charge in [0, 0.05) is 11.7 Å². The zero-order valence-corrected chi connectivity index (χ0v) is 11.1. The highest BCUT2D eigenvalue weighted by Gasteiger charge is 2.11. The van der Waals surface area contributed by atoms with E-state index in [4.69, 9.17) is 5.11 Å². The van der Waals surface area contributed by atoms with Gasteiger partial charge in [-0.05, 0) is 19.1 Å². The molecule has 0 radical (unpaired) electrons. The number of carboxylic acid groups (broad SMARTS) is 1. The van der Waals surface area contributed by atoms with Crippen LogP contribution in [-0.2, 0) is 9.59 Å². The van der Waals surface area contributed by atoms with Crippen molar-refractivity contribution in [3.8, 4) is 0 Å². The first-order valence-corrected chi connectivity index (χ1v) is 6.08. The topological polar surface area (TPSA) is 108 Å². The van der Waals surface area contributed by atoms with Crippen LogP contribution in [-0.4, -0.2) is 35.6 Å². The third kappa shape index (κ3) is 6.39. The highest BCUT2D eigenvalue weighted by atomic mass is 16.4. The Morgan fingerprint density at radius 3 is 2.45 bits per heavy atom. The van der Waals surface area contributed by atoms with Gasteiger partial charge in [0.25, 0.3) is 0 Å². The van der Waals surface area contributed by atoms with E-state index in [1.54, 1.807) is 31.2 Å². The fourth-order valence-electron chi connectivity index (χ4n) is 1.50. The number of hydrogen-bond donors (Lipinski definition) is 4. The molecule has 1 rings (SSSR count). The summed E-state index contributed by atoms with van der Waals surface area (Å²) in [6, 6.07) is 7.81. The fourth-order valence-corrected chi connectivity index (χ4v) is 1.50. The Morgan fingerprint density at radius 2 is 1.85 bits per heavy atom. The van der Waals surface area contributed by atoms with E-state index in [-0.39, 0.29) is 13.0 Å². The molecular formula is C13H17N3O4. The van der Waals surface area contributed by atoms with Crippen LogP contribution in [0.25, 0.3) is 0 Å². The number of para-hydroxylation sites is 1. The van der Waals surface area contributed by atoms with Crippen LogP contribution in [0.3, 0.4) is 0 Å². The molecule has 7 nitrogen and oxygen atoms in total. The lowest BCUT2D eigenvalue weighted by Crippen LogP contribution is -2.42. The van der Waals surface area contributed by atoms with Gasteiger partial charge in [-0.15, -0.1) is 0 Å². The molecule has 3 amide bonds. The smallest absolute Gasteiger partial charge is 0.319 e. The lowest BCUT2D eigenvalue weighted by atomic mass is 10.2. The molecule has 1 atom stereocenters. The van der Waals surface area contributed by atoms with Crippen LogP contribution >= 0.6 is 0 Å². The maximum Gasteiger partial charge on any atom is 0.319 e. The number of hydrogen-bond acceptors (Lipinski definition) is 3. The van der Waals surface area contributed by atoms with Crippen molar-refractivity contribution >= 4 is 23.6 Å². The van der Waals surface area contributed by atoms with Gasteiger partial charge < -0.3 is 21.1 Å². The second kappa shape index (κ2) is 7.78. The second-order valence-electron chi connectivity index (χ2n) is 4.24. The molecule has 0 saturated heterocycles. The number of carbonyl (C=O) groups excluding carboxylic acids is 2. The Kier molecular flexibility index (Phi) is 6.02. The van der Waals surface area contributed by atoms with E-state index in [1.165, 1.54) is 0 Å². The molecule has 0 fully saturated rings. The van der Waals surface area contributed by atoms with E-state index in [0.29, 0.717) is 5.69 Å². The number of nitrogens with one attached hydrogen (secondary N) is 3. The minimum atomic E-state index is -0.993. The Balaban J connectivity index is 2.27. The van der Waals surface area contributed by atoms with Crippen molar-refractivity contribution in [1.29, 1.82) is 0 Å². The molecule has 0 saturated carbocycles. The first kappa shape index (κ1) is 15.5. The molecule has 0 aromatic heterocycles. The van der Waals surface area contributed by atoms with E-state index in [9.17, 15) is 14.4 Å². The summed E-state index contributed by atoms with van der Waals surface area (Å²) in [5, 5.41) is 16.0. The molecule has 108 valence electrons. The Morgan fingerprint density at radius 1 is 1.20 bits per heavy atom. The Bertz CT molecular complexity index is 476. The van der Waals surface area contributed by atoms with Gasteiger partial charge >= 0.3 is 12.0 Å². The minimum absolute atomic E-state index is 0.165. The van der Waals surface area contributed by atoms with Crippen molar-refractivity contribution < 1.29 is 19.5 Å². The summed E-state index contributed by atoms with van der Waals surface area (Å²) in [6.45, 7) is 1.36. The number of carboxylic acids is 1. The van der Waals surface area contributed by atoms with Crippen molar-refractivity contribution in [2.24, 2.45) is 0 Å². The molecule has 0 aliphatic heterocycles. The van der Waals surface area contributed by atoms with Crippen LogP contribution in [0.5, 0.6) is 0 Å². The van der Waals surface area contributed by atoms with Crippen LogP contribution in [0.2, 0.25) is 0 Å². The van der Waals surface area contributed by atoms with Crippen molar-refractivity contribution in [3.63, 3.8) is 0 Å². The molecule has 1 aromatic carbocycles. The maximum atomic E-state index is 11.5. The molecule has 0 bridgehead atoms. The fraction of sp³-hybridized carbons (Fsp3) is 0.308. The number of rotatable bonds is 6. The summed E-state index contributed by atoms with van der Waals surface area (Å²) in [6.07, 6.45) is -0.165. The standard InChI is InChI=1S/C13H17N3O4/c1-9(7-12(18)19)15-11(17)8-14-13(20)16-10-5-3-2-4-6-10/h2-6,9H,7-8H2,1H3,(H,15,17)(H,18,19)(H2,14,16,20). The van der Waals surface area contributed by atoms with E-state index < -0.39 is 23.9 Å². The van der Waals surface area contributed by atoms with Gasteiger partial charge in [0.15, 0.2) is 0 Å². The van der Waals surface area contributed by atoms with Crippen molar-refractivity contribution in [3.05, 3.63) is 30.3 Å². The van der Waals surface area contributed by atoms with Gasteiger partial charge in [-0.1, -0.05) is 18.2 Å². The first-order valence-electron chi connectivity index (χ1n) is 6.08. The average Bonchev–Trinajstić information content (AvgIpc) is 2.36. The van der Waals surface area contributed by atoms with E-state index >= 15 is 0 Å². The number of carbonyl (C=O) groups is 3. The molecule has 20 heavy (non-hydrogen) atoms. The molecule has 1 aromatic rings. The Labute approximate surface area is 116 Å². The van der Waals surface area contributed by atoms with Crippen molar-refractivity contribution in [2.75, 3.05) is 11.9 Å². The molecule has 0 aliphatic rings. The second-order valence-corrected chi connectivity index (χ2v) is 4.24. The summed E-state index contributed by atoms with van der Waals surface area (Å²) < 4.78 is 0. The summed E-state index contributed by atoms with van der Waals surface area (Å²) >= 11 is 0. The molecule has 0 aliphatic carbocycles. The van der Waals surface area contributed by atoms with Crippen LogP contribution in [0.15, 0.2) is 30.3 Å². The van der Waals surface area contributed by atoms with E-state index in [2.05, 4.69) is 16.0 Å². The number of benzene rings is 1.